The summed E-state index contributed by atoms with van der Waals surface area (Å²) >= 11 is 5.74. The second-order valence-corrected chi connectivity index (χ2v) is 6.82. The lowest BCUT2D eigenvalue weighted by Crippen LogP contribution is -2.16. The zero-order chi connectivity index (χ0) is 15.8. The van der Waals surface area contributed by atoms with E-state index in [4.69, 9.17) is 17.3 Å². The number of sulfonamides is 1. The van der Waals surface area contributed by atoms with Crippen LogP contribution in [0.4, 0.5) is 15.8 Å². The predicted octanol–water partition coefficient (Wildman–Crippen LogP) is 3.48. The van der Waals surface area contributed by atoms with Crippen LogP contribution >= 0.6 is 11.6 Å². The first-order valence-electron chi connectivity index (χ1n) is 6.05. The summed E-state index contributed by atoms with van der Waals surface area (Å²) in [4.78, 5) is -0.576. The normalized spacial score (nSPS) is 11.4. The highest BCUT2D eigenvalue weighted by atomic mass is 35.5. The van der Waals surface area contributed by atoms with Gasteiger partial charge in [0.15, 0.2) is 5.82 Å². The van der Waals surface area contributed by atoms with E-state index in [-0.39, 0.29) is 10.7 Å². The molecule has 3 N–H and O–H groups in total. The molecule has 21 heavy (non-hydrogen) atoms. The molecule has 0 aliphatic heterocycles. The molecule has 0 spiro atoms. The van der Waals surface area contributed by atoms with Crippen LogP contribution in [-0.2, 0) is 10.0 Å². The van der Waals surface area contributed by atoms with E-state index in [0.717, 1.165) is 23.3 Å². The summed E-state index contributed by atoms with van der Waals surface area (Å²) in [6, 6.07) is 7.38. The van der Waals surface area contributed by atoms with Gasteiger partial charge in [0.1, 0.15) is 4.90 Å². The van der Waals surface area contributed by atoms with Gasteiger partial charge in [-0.1, -0.05) is 29.3 Å². The maximum Gasteiger partial charge on any atom is 0.264 e. The van der Waals surface area contributed by atoms with Crippen molar-refractivity contribution < 1.29 is 12.8 Å². The minimum atomic E-state index is -4.11. The number of anilines is 2. The molecule has 2 aromatic rings. The Balaban J connectivity index is 2.48. The van der Waals surface area contributed by atoms with E-state index in [9.17, 15) is 12.8 Å². The second-order valence-electron chi connectivity index (χ2n) is 4.73. The fourth-order valence-electron chi connectivity index (χ4n) is 1.91. The highest BCUT2D eigenvalue weighted by Gasteiger charge is 2.22. The molecule has 0 saturated heterocycles. The van der Waals surface area contributed by atoms with Crippen molar-refractivity contribution in [3.8, 4) is 0 Å². The number of benzene rings is 2. The summed E-state index contributed by atoms with van der Waals surface area (Å²) in [7, 11) is -4.11. The fraction of sp³-hybridized carbons (Fsp3) is 0.143. The summed E-state index contributed by atoms with van der Waals surface area (Å²) < 4.78 is 40.9. The van der Waals surface area contributed by atoms with Crippen molar-refractivity contribution in [3.05, 3.63) is 52.3 Å². The highest BCUT2D eigenvalue weighted by molar-refractivity contribution is 7.92. The topological polar surface area (TPSA) is 72.2 Å². The largest absolute Gasteiger partial charge is 0.396 e. The van der Waals surface area contributed by atoms with Gasteiger partial charge in [-0.25, -0.2) is 12.8 Å². The van der Waals surface area contributed by atoms with Crippen molar-refractivity contribution >= 4 is 33.0 Å². The molecule has 2 aromatic carbocycles. The van der Waals surface area contributed by atoms with Gasteiger partial charge in [0.05, 0.1) is 11.4 Å². The van der Waals surface area contributed by atoms with Gasteiger partial charge in [0.25, 0.3) is 10.0 Å². The van der Waals surface area contributed by atoms with Crippen LogP contribution in [0, 0.1) is 19.7 Å². The van der Waals surface area contributed by atoms with Gasteiger partial charge in [0.2, 0.25) is 0 Å². The first-order valence-corrected chi connectivity index (χ1v) is 7.91. The lowest BCUT2D eigenvalue weighted by Gasteiger charge is -2.12. The fourth-order valence-corrected chi connectivity index (χ4v) is 3.46. The molecule has 0 amide bonds. The Hall–Kier alpha value is -1.79. The molecule has 0 saturated carbocycles. The molecule has 0 radical (unpaired) electrons. The number of aryl methyl sites for hydroxylation is 2. The minimum Gasteiger partial charge on any atom is -0.396 e. The lowest BCUT2D eigenvalue weighted by atomic mass is 10.1. The van der Waals surface area contributed by atoms with Gasteiger partial charge in [-0.15, -0.1) is 0 Å². The smallest absolute Gasteiger partial charge is 0.264 e. The number of hydrogen-bond donors (Lipinski definition) is 2. The first kappa shape index (κ1) is 15.6. The Morgan fingerprint density at radius 3 is 2.48 bits per heavy atom. The zero-order valence-electron chi connectivity index (χ0n) is 11.4. The molecule has 0 aliphatic carbocycles. The second kappa shape index (κ2) is 5.54. The van der Waals surface area contributed by atoms with Crippen molar-refractivity contribution in [1.29, 1.82) is 0 Å². The molecule has 0 atom stereocenters. The van der Waals surface area contributed by atoms with Crippen LogP contribution in [0.5, 0.6) is 0 Å². The molecule has 7 heteroatoms. The summed E-state index contributed by atoms with van der Waals surface area (Å²) in [6.45, 7) is 3.65. The quantitative estimate of drug-likeness (QED) is 0.847. The third-order valence-electron chi connectivity index (χ3n) is 2.95. The summed E-state index contributed by atoms with van der Waals surface area (Å²) in [6.07, 6.45) is 0. The maximum absolute atomic E-state index is 13.9. The Morgan fingerprint density at radius 1 is 1.19 bits per heavy atom. The highest BCUT2D eigenvalue weighted by Crippen LogP contribution is 2.27. The van der Waals surface area contributed by atoms with E-state index in [1.807, 2.05) is 13.0 Å². The molecule has 4 nitrogen and oxygen atoms in total. The summed E-state index contributed by atoms with van der Waals surface area (Å²) in [5.41, 5.74) is 7.19. The van der Waals surface area contributed by atoms with Crippen molar-refractivity contribution in [2.24, 2.45) is 0 Å². The summed E-state index contributed by atoms with van der Waals surface area (Å²) in [5, 5.41) is 0.0508. The number of rotatable bonds is 3. The van der Waals surface area contributed by atoms with Crippen LogP contribution in [0.3, 0.4) is 0 Å². The maximum atomic E-state index is 13.9. The molecule has 0 fully saturated rings. The molecule has 0 heterocycles. The molecule has 2 rings (SSSR count). The van der Waals surface area contributed by atoms with Gasteiger partial charge >= 0.3 is 0 Å². The van der Waals surface area contributed by atoms with Crippen molar-refractivity contribution in [3.63, 3.8) is 0 Å². The molecule has 0 unspecified atom stereocenters. The Labute approximate surface area is 127 Å². The van der Waals surface area contributed by atoms with E-state index in [0.29, 0.717) is 5.69 Å². The van der Waals surface area contributed by atoms with Crippen LogP contribution in [0.1, 0.15) is 11.1 Å². The van der Waals surface area contributed by atoms with E-state index in [1.165, 1.54) is 0 Å². The van der Waals surface area contributed by atoms with E-state index < -0.39 is 20.7 Å². The molecule has 0 aliphatic rings. The molecule has 112 valence electrons. The van der Waals surface area contributed by atoms with Gasteiger partial charge in [0, 0.05) is 5.02 Å². The third-order valence-corrected chi connectivity index (χ3v) is 4.53. The van der Waals surface area contributed by atoms with E-state index >= 15 is 0 Å². The van der Waals surface area contributed by atoms with Gasteiger partial charge in [-0.2, -0.15) is 0 Å². The number of nitrogens with one attached hydrogen (secondary N) is 1. The van der Waals surface area contributed by atoms with Crippen molar-refractivity contribution in [1.82, 2.24) is 0 Å². The predicted molar refractivity (Wildman–Crippen MR) is 82.5 cm³/mol. The van der Waals surface area contributed by atoms with Crippen LogP contribution in [0.2, 0.25) is 5.02 Å². The average molecular weight is 329 g/mol. The number of nitrogens with two attached hydrogens (primary N) is 1. The van der Waals surface area contributed by atoms with Crippen LogP contribution in [0.25, 0.3) is 0 Å². The Morgan fingerprint density at radius 2 is 1.86 bits per heavy atom. The molecule has 0 aromatic heterocycles. The Kier molecular flexibility index (Phi) is 4.11. The van der Waals surface area contributed by atoms with Gasteiger partial charge < -0.3 is 5.73 Å². The van der Waals surface area contributed by atoms with Crippen molar-refractivity contribution in [2.45, 2.75) is 18.7 Å². The molecular formula is C14H14ClFN2O2S. The summed E-state index contributed by atoms with van der Waals surface area (Å²) in [5.74, 6) is -1.02. The van der Waals surface area contributed by atoms with E-state index in [2.05, 4.69) is 4.72 Å². The van der Waals surface area contributed by atoms with Gasteiger partial charge in [-0.3, -0.25) is 4.72 Å². The van der Waals surface area contributed by atoms with Crippen LogP contribution < -0.4 is 10.5 Å². The van der Waals surface area contributed by atoms with Gasteiger partial charge in [-0.05, 0) is 37.6 Å². The molecule has 0 bridgehead atoms. The van der Waals surface area contributed by atoms with Crippen LogP contribution in [0.15, 0.2) is 35.2 Å². The SMILES string of the molecule is Cc1ccc(NS(=O)(=O)c2cc(Cl)cc(N)c2F)c(C)c1. The zero-order valence-corrected chi connectivity index (χ0v) is 13.0. The molecular weight excluding hydrogens is 315 g/mol. The average Bonchev–Trinajstić information content (AvgIpc) is 2.37. The minimum absolute atomic E-state index is 0.0508. The Bertz CT molecular complexity index is 807. The van der Waals surface area contributed by atoms with E-state index in [1.54, 1.807) is 19.1 Å². The number of halogens is 2. The van der Waals surface area contributed by atoms with Crippen LogP contribution in [-0.4, -0.2) is 8.42 Å². The lowest BCUT2D eigenvalue weighted by molar-refractivity contribution is 0.573. The van der Waals surface area contributed by atoms with Crippen molar-refractivity contribution in [2.75, 3.05) is 10.5 Å². The first-order chi connectivity index (χ1) is 9.70. The number of nitrogen functional groups attached to an aromatic ring is 1. The monoisotopic (exact) mass is 328 g/mol. The standard InChI is InChI=1S/C14H14ClFN2O2S/c1-8-3-4-12(9(2)5-8)18-21(19,20)13-7-10(15)6-11(17)14(13)16/h3-7,18H,17H2,1-2H3. The third kappa shape index (κ3) is 3.28. The number of hydrogen-bond acceptors (Lipinski definition) is 3.